The van der Waals surface area contributed by atoms with E-state index in [9.17, 15) is 0 Å². The Bertz CT molecular complexity index is 2290. The largest absolute Gasteiger partial charge is 0.311 e. The van der Waals surface area contributed by atoms with Gasteiger partial charge in [-0.25, -0.2) is 0 Å². The molecule has 0 aromatic heterocycles. The zero-order valence-corrected chi connectivity index (χ0v) is 30.2. The Morgan fingerprint density at radius 2 is 0.941 bits per heavy atom. The fourth-order valence-electron chi connectivity index (χ4n) is 8.56. The molecule has 0 N–H and O–H groups in total. The lowest BCUT2D eigenvalue weighted by Crippen LogP contribution is -2.24. The Balaban J connectivity index is 1.25. The Morgan fingerprint density at radius 3 is 1.41 bits per heavy atom. The van der Waals surface area contributed by atoms with Crippen LogP contribution in [0, 0.1) is 0 Å². The Labute approximate surface area is 303 Å². The van der Waals surface area contributed by atoms with Crippen LogP contribution in [-0.4, -0.2) is 0 Å². The second-order valence-corrected chi connectivity index (χ2v) is 14.6. The number of hydrogen-bond acceptors (Lipinski definition) is 2. The van der Waals surface area contributed by atoms with Gasteiger partial charge in [0, 0.05) is 45.0 Å². The van der Waals surface area contributed by atoms with Crippen LogP contribution in [0.3, 0.4) is 0 Å². The van der Waals surface area contributed by atoms with Crippen LogP contribution in [0.2, 0.25) is 0 Å². The number of para-hydroxylation sites is 3. The van der Waals surface area contributed by atoms with Crippen molar-refractivity contribution in [2.45, 2.75) is 45.4 Å². The van der Waals surface area contributed by atoms with Crippen LogP contribution in [0.1, 0.15) is 56.9 Å². The van der Waals surface area contributed by atoms with E-state index in [0.29, 0.717) is 0 Å². The lowest BCUT2D eigenvalue weighted by atomic mass is 9.72. The van der Waals surface area contributed by atoms with Gasteiger partial charge in [0.2, 0.25) is 0 Å². The molecule has 6 aromatic rings. The molecule has 0 saturated carbocycles. The second kappa shape index (κ2) is 12.5. The molecule has 0 atom stereocenters. The quantitative estimate of drug-likeness (QED) is 0.150. The fourth-order valence-corrected chi connectivity index (χ4v) is 8.56. The minimum absolute atomic E-state index is 0.198. The molecule has 0 saturated heterocycles. The van der Waals surface area contributed by atoms with Gasteiger partial charge in [-0.2, -0.15) is 0 Å². The third kappa shape index (κ3) is 5.17. The van der Waals surface area contributed by atoms with Gasteiger partial charge in [0.05, 0.1) is 0 Å². The third-order valence-electron chi connectivity index (χ3n) is 10.9. The number of rotatable bonds is 8. The van der Waals surface area contributed by atoms with Crippen LogP contribution in [0.25, 0.3) is 22.3 Å². The summed E-state index contributed by atoms with van der Waals surface area (Å²) in [7, 11) is 0. The molecule has 8 rings (SSSR count). The first-order valence-corrected chi connectivity index (χ1v) is 17.9. The zero-order valence-electron chi connectivity index (χ0n) is 30.2. The van der Waals surface area contributed by atoms with Gasteiger partial charge in [-0.05, 0) is 118 Å². The van der Waals surface area contributed by atoms with Crippen LogP contribution in [0.4, 0.5) is 28.4 Å². The summed E-state index contributed by atoms with van der Waals surface area (Å²) in [5, 5.41) is 0. The summed E-state index contributed by atoms with van der Waals surface area (Å²) in [5.74, 6) is 0. The molecule has 2 heteroatoms. The van der Waals surface area contributed by atoms with Crippen LogP contribution in [0.5, 0.6) is 0 Å². The van der Waals surface area contributed by atoms with E-state index in [-0.39, 0.29) is 10.8 Å². The summed E-state index contributed by atoms with van der Waals surface area (Å²) in [6.07, 6.45) is 8.13. The van der Waals surface area contributed by atoms with Crippen LogP contribution in [0.15, 0.2) is 176 Å². The van der Waals surface area contributed by atoms with E-state index in [2.05, 4.69) is 203 Å². The first-order valence-electron chi connectivity index (χ1n) is 17.9. The molecule has 51 heavy (non-hydrogen) atoms. The minimum Gasteiger partial charge on any atom is -0.311 e. The van der Waals surface area contributed by atoms with Crippen molar-refractivity contribution in [3.05, 3.63) is 198 Å². The van der Waals surface area contributed by atoms with Gasteiger partial charge in [-0.1, -0.05) is 131 Å². The van der Waals surface area contributed by atoms with E-state index in [4.69, 9.17) is 0 Å². The molecular weight excluding hydrogens is 617 g/mol. The highest BCUT2D eigenvalue weighted by Crippen LogP contribution is 2.60. The molecule has 250 valence electrons. The molecule has 2 nitrogen and oxygen atoms in total. The maximum Gasteiger partial charge on any atom is 0.0465 e. The lowest BCUT2D eigenvalue weighted by molar-refractivity contribution is 0.601. The van der Waals surface area contributed by atoms with Crippen LogP contribution in [-0.2, 0) is 10.8 Å². The van der Waals surface area contributed by atoms with E-state index in [0.717, 1.165) is 28.4 Å². The van der Waals surface area contributed by atoms with Crippen molar-refractivity contribution in [3.8, 4) is 22.3 Å². The molecule has 0 unspecified atom stereocenters. The summed E-state index contributed by atoms with van der Waals surface area (Å²) in [6.45, 7) is 15.7. The summed E-state index contributed by atoms with van der Waals surface area (Å²) >= 11 is 0. The minimum atomic E-state index is -0.205. The van der Waals surface area contributed by atoms with E-state index < -0.39 is 0 Å². The van der Waals surface area contributed by atoms with Crippen molar-refractivity contribution in [2.24, 2.45) is 0 Å². The highest BCUT2D eigenvalue weighted by molar-refractivity contribution is 5.93. The fraction of sp³-hybridized carbons (Fsp3) is 0.143. The molecule has 0 spiro atoms. The summed E-state index contributed by atoms with van der Waals surface area (Å²) in [5.41, 5.74) is 17.4. The van der Waals surface area contributed by atoms with Gasteiger partial charge in [-0.3, -0.25) is 0 Å². The molecule has 6 aromatic carbocycles. The molecule has 2 aliphatic rings. The molecule has 0 heterocycles. The number of nitrogens with zero attached hydrogens (tertiary/aromatic N) is 2. The lowest BCUT2D eigenvalue weighted by Gasteiger charge is -2.32. The zero-order chi connectivity index (χ0) is 35.3. The van der Waals surface area contributed by atoms with Crippen molar-refractivity contribution in [1.82, 2.24) is 0 Å². The van der Waals surface area contributed by atoms with Crippen molar-refractivity contribution in [2.75, 3.05) is 9.80 Å². The third-order valence-corrected chi connectivity index (χ3v) is 10.9. The molecule has 0 fully saturated rings. The van der Waals surface area contributed by atoms with E-state index in [1.807, 2.05) is 12.2 Å². The summed E-state index contributed by atoms with van der Waals surface area (Å²) in [6, 6.07) is 50.9. The molecule has 0 bridgehead atoms. The van der Waals surface area contributed by atoms with Crippen molar-refractivity contribution in [3.63, 3.8) is 0 Å². The van der Waals surface area contributed by atoms with Crippen LogP contribution < -0.4 is 9.80 Å². The molecule has 2 aliphatic carbocycles. The Hall–Kier alpha value is -5.86. The second-order valence-electron chi connectivity index (χ2n) is 14.6. The van der Waals surface area contributed by atoms with Gasteiger partial charge in [-0.15, -0.1) is 0 Å². The monoisotopic (exact) mass is 660 g/mol. The molecular formula is C49H44N2. The maximum absolute atomic E-state index is 3.92. The molecule has 0 aliphatic heterocycles. The summed E-state index contributed by atoms with van der Waals surface area (Å²) in [4.78, 5) is 4.71. The van der Waals surface area contributed by atoms with Gasteiger partial charge >= 0.3 is 0 Å². The average Bonchev–Trinajstić information content (AvgIpc) is 3.53. The number of allylic oxidation sites excluding steroid dienone is 4. The van der Waals surface area contributed by atoms with Gasteiger partial charge < -0.3 is 9.80 Å². The predicted octanol–water partition coefficient (Wildman–Crippen LogP) is 13.6. The normalized spacial score (nSPS) is 14.8. The Morgan fingerprint density at radius 1 is 0.510 bits per heavy atom. The first-order chi connectivity index (χ1) is 24.8. The SMILES string of the molecule is C=C/C=C\C(=C/C)N(c1ccccc1)c1ccc2c(c1)C(C)(C)c1c-2ccc2c1C(C)(C)c1cc(N(c3ccccc3)c3ccccc3)ccc1-2. The maximum atomic E-state index is 3.92. The highest BCUT2D eigenvalue weighted by atomic mass is 15.1. The number of hydrogen-bond donors (Lipinski definition) is 0. The standard InChI is InChI=1S/C49H44N2/c1-7-9-19-34(8-2)50(35-20-13-10-14-21-35)38-26-28-40-42-30-31-43-41-29-27-39(51(36-22-15-11-16-23-36)37-24-17-12-18-25-37)33-45(41)49(5,6)47(43)46(42)48(3,4)44(40)32-38/h7-33H,1H2,2-6H3/b19-9-,34-8+. The van der Waals surface area contributed by atoms with Gasteiger partial charge in [0.25, 0.3) is 0 Å². The van der Waals surface area contributed by atoms with E-state index in [1.165, 1.54) is 50.2 Å². The van der Waals surface area contributed by atoms with Crippen molar-refractivity contribution in [1.29, 1.82) is 0 Å². The van der Waals surface area contributed by atoms with Crippen LogP contribution >= 0.6 is 0 Å². The first kappa shape index (κ1) is 32.4. The van der Waals surface area contributed by atoms with Gasteiger partial charge in [0.1, 0.15) is 0 Å². The average molecular weight is 661 g/mol. The smallest absolute Gasteiger partial charge is 0.0465 e. The van der Waals surface area contributed by atoms with Crippen molar-refractivity contribution >= 4 is 28.4 Å². The van der Waals surface area contributed by atoms with Gasteiger partial charge in [0.15, 0.2) is 0 Å². The topological polar surface area (TPSA) is 6.48 Å². The summed E-state index contributed by atoms with van der Waals surface area (Å²) < 4.78 is 0. The number of anilines is 5. The predicted molar refractivity (Wildman–Crippen MR) is 218 cm³/mol. The number of fused-ring (bicyclic) bond motifs is 7. The molecule has 0 amide bonds. The van der Waals surface area contributed by atoms with E-state index in [1.54, 1.807) is 0 Å². The van der Waals surface area contributed by atoms with Crippen molar-refractivity contribution < 1.29 is 0 Å². The highest BCUT2D eigenvalue weighted by Gasteiger charge is 2.46. The number of benzene rings is 6. The van der Waals surface area contributed by atoms with E-state index >= 15 is 0 Å². The Kier molecular flexibility index (Phi) is 7.91. The molecule has 0 radical (unpaired) electrons.